The standard InChI is InChI=1S/C16H22BNO3/c1-3-18(4-2)9-10-21-16-8-6-13-11-15(17(19)20)7-5-14(13)12-16/h5-8,11-12,19-20H,3-4,9-10H2,1-2H3. The Morgan fingerprint density at radius 1 is 1.00 bits per heavy atom. The summed E-state index contributed by atoms with van der Waals surface area (Å²) < 4.78 is 5.79. The number of nitrogens with zero attached hydrogens (tertiary/aromatic N) is 1. The van der Waals surface area contributed by atoms with Gasteiger partial charge in [-0.05, 0) is 41.5 Å². The molecule has 0 aliphatic rings. The first kappa shape index (κ1) is 15.8. The maximum absolute atomic E-state index is 9.18. The van der Waals surface area contributed by atoms with E-state index in [2.05, 4.69) is 18.7 Å². The maximum atomic E-state index is 9.18. The van der Waals surface area contributed by atoms with Crippen molar-refractivity contribution in [2.24, 2.45) is 0 Å². The van der Waals surface area contributed by atoms with Crippen LogP contribution in [0.2, 0.25) is 0 Å². The highest BCUT2D eigenvalue weighted by molar-refractivity contribution is 6.58. The van der Waals surface area contributed by atoms with Gasteiger partial charge in [0.1, 0.15) is 12.4 Å². The quantitative estimate of drug-likeness (QED) is 0.752. The van der Waals surface area contributed by atoms with Gasteiger partial charge >= 0.3 is 7.12 Å². The second kappa shape index (κ2) is 7.45. The van der Waals surface area contributed by atoms with E-state index in [1.807, 2.05) is 24.3 Å². The molecular weight excluding hydrogens is 265 g/mol. The molecule has 0 atom stereocenters. The third-order valence-electron chi connectivity index (χ3n) is 3.70. The fourth-order valence-electron chi connectivity index (χ4n) is 2.33. The highest BCUT2D eigenvalue weighted by Crippen LogP contribution is 2.20. The van der Waals surface area contributed by atoms with Gasteiger partial charge in [-0.3, -0.25) is 0 Å². The van der Waals surface area contributed by atoms with Crippen molar-refractivity contribution in [1.29, 1.82) is 0 Å². The van der Waals surface area contributed by atoms with E-state index in [-0.39, 0.29) is 0 Å². The van der Waals surface area contributed by atoms with Crippen LogP contribution in [0.1, 0.15) is 13.8 Å². The number of hydrogen-bond donors (Lipinski definition) is 2. The van der Waals surface area contributed by atoms with Crippen molar-refractivity contribution in [1.82, 2.24) is 4.90 Å². The lowest BCUT2D eigenvalue weighted by molar-refractivity contribution is 0.223. The topological polar surface area (TPSA) is 52.9 Å². The molecule has 0 unspecified atom stereocenters. The number of ether oxygens (including phenoxy) is 1. The molecule has 0 radical (unpaired) electrons. The molecule has 0 bridgehead atoms. The first-order valence-electron chi connectivity index (χ1n) is 7.39. The average Bonchev–Trinajstić information content (AvgIpc) is 2.51. The smallest absolute Gasteiger partial charge is 0.488 e. The van der Waals surface area contributed by atoms with Crippen LogP contribution < -0.4 is 10.2 Å². The van der Waals surface area contributed by atoms with Crippen LogP contribution in [-0.2, 0) is 0 Å². The summed E-state index contributed by atoms with van der Waals surface area (Å²) in [6.07, 6.45) is 0. The molecule has 2 aromatic carbocycles. The van der Waals surface area contributed by atoms with E-state index in [1.165, 1.54) is 0 Å². The van der Waals surface area contributed by atoms with Gasteiger partial charge in [-0.1, -0.05) is 38.1 Å². The van der Waals surface area contributed by atoms with Crippen LogP contribution in [0.3, 0.4) is 0 Å². The fourth-order valence-corrected chi connectivity index (χ4v) is 2.33. The summed E-state index contributed by atoms with van der Waals surface area (Å²) in [6.45, 7) is 7.94. The van der Waals surface area contributed by atoms with Crippen LogP contribution in [-0.4, -0.2) is 48.3 Å². The molecule has 2 rings (SSSR count). The van der Waals surface area contributed by atoms with Crippen molar-refractivity contribution < 1.29 is 14.8 Å². The van der Waals surface area contributed by atoms with Gasteiger partial charge in [0.25, 0.3) is 0 Å². The molecule has 0 aliphatic carbocycles. The summed E-state index contributed by atoms with van der Waals surface area (Å²) in [5.41, 5.74) is 0.498. The Kier molecular flexibility index (Phi) is 5.62. The molecule has 2 N–H and O–H groups in total. The first-order chi connectivity index (χ1) is 10.1. The predicted molar refractivity (Wildman–Crippen MR) is 87.1 cm³/mol. The van der Waals surface area contributed by atoms with E-state index in [0.29, 0.717) is 12.1 Å². The second-order valence-electron chi connectivity index (χ2n) is 5.02. The highest BCUT2D eigenvalue weighted by Gasteiger charge is 2.11. The molecule has 0 fully saturated rings. The average molecular weight is 287 g/mol. The molecule has 4 nitrogen and oxygen atoms in total. The minimum atomic E-state index is -1.43. The fraction of sp³-hybridized carbons (Fsp3) is 0.375. The van der Waals surface area contributed by atoms with Crippen LogP contribution in [0.4, 0.5) is 0 Å². The summed E-state index contributed by atoms with van der Waals surface area (Å²) in [6, 6.07) is 11.2. The van der Waals surface area contributed by atoms with Crippen LogP contribution in [0, 0.1) is 0 Å². The van der Waals surface area contributed by atoms with Gasteiger partial charge in [-0.25, -0.2) is 0 Å². The summed E-state index contributed by atoms with van der Waals surface area (Å²) >= 11 is 0. The molecule has 0 aliphatic heterocycles. The molecule has 112 valence electrons. The summed E-state index contributed by atoms with van der Waals surface area (Å²) in [7, 11) is -1.43. The third kappa shape index (κ3) is 4.20. The lowest BCUT2D eigenvalue weighted by Crippen LogP contribution is -2.29. The summed E-state index contributed by atoms with van der Waals surface area (Å²) in [5, 5.41) is 20.4. The molecule has 0 saturated carbocycles. The van der Waals surface area contributed by atoms with Gasteiger partial charge in [0.15, 0.2) is 0 Å². The number of likely N-dealkylation sites (N-methyl/N-ethyl adjacent to an activating group) is 1. The van der Waals surface area contributed by atoms with Crippen molar-refractivity contribution >= 4 is 23.4 Å². The zero-order chi connectivity index (χ0) is 15.2. The number of benzene rings is 2. The van der Waals surface area contributed by atoms with Crippen molar-refractivity contribution in [3.05, 3.63) is 36.4 Å². The van der Waals surface area contributed by atoms with E-state index in [0.717, 1.165) is 36.2 Å². The van der Waals surface area contributed by atoms with Gasteiger partial charge in [-0.2, -0.15) is 0 Å². The van der Waals surface area contributed by atoms with E-state index in [1.54, 1.807) is 12.1 Å². The largest absolute Gasteiger partial charge is 0.492 e. The Morgan fingerprint density at radius 2 is 1.67 bits per heavy atom. The lowest BCUT2D eigenvalue weighted by Gasteiger charge is -2.18. The van der Waals surface area contributed by atoms with Crippen molar-refractivity contribution in [3.8, 4) is 5.75 Å². The predicted octanol–water partition coefficient (Wildman–Crippen LogP) is 1.24. The van der Waals surface area contributed by atoms with E-state index < -0.39 is 7.12 Å². The zero-order valence-corrected chi connectivity index (χ0v) is 12.6. The first-order valence-corrected chi connectivity index (χ1v) is 7.39. The molecule has 2 aromatic rings. The Bertz CT molecular complexity index is 585. The molecule has 5 heteroatoms. The van der Waals surface area contributed by atoms with E-state index in [4.69, 9.17) is 4.74 Å². The minimum absolute atomic E-state index is 0.498. The second-order valence-corrected chi connectivity index (χ2v) is 5.02. The number of hydrogen-bond acceptors (Lipinski definition) is 4. The number of rotatable bonds is 7. The summed E-state index contributed by atoms with van der Waals surface area (Å²) in [4.78, 5) is 2.32. The monoisotopic (exact) mass is 287 g/mol. The normalized spacial score (nSPS) is 11.1. The van der Waals surface area contributed by atoms with Gasteiger partial charge in [-0.15, -0.1) is 0 Å². The molecular formula is C16H22BNO3. The van der Waals surface area contributed by atoms with Crippen molar-refractivity contribution in [2.45, 2.75) is 13.8 Å². The molecule has 0 saturated heterocycles. The van der Waals surface area contributed by atoms with Gasteiger partial charge in [0.2, 0.25) is 0 Å². The molecule has 0 heterocycles. The Hall–Kier alpha value is -1.56. The lowest BCUT2D eigenvalue weighted by atomic mass is 9.79. The van der Waals surface area contributed by atoms with Crippen LogP contribution >= 0.6 is 0 Å². The van der Waals surface area contributed by atoms with Crippen LogP contribution in [0.25, 0.3) is 10.8 Å². The van der Waals surface area contributed by atoms with Crippen LogP contribution in [0.5, 0.6) is 5.75 Å². The van der Waals surface area contributed by atoms with Gasteiger partial charge in [0.05, 0.1) is 0 Å². The van der Waals surface area contributed by atoms with Gasteiger partial charge in [0, 0.05) is 6.54 Å². The molecule has 0 aromatic heterocycles. The van der Waals surface area contributed by atoms with Crippen molar-refractivity contribution in [2.75, 3.05) is 26.2 Å². The van der Waals surface area contributed by atoms with E-state index in [9.17, 15) is 10.0 Å². The zero-order valence-electron chi connectivity index (χ0n) is 12.6. The van der Waals surface area contributed by atoms with Crippen molar-refractivity contribution in [3.63, 3.8) is 0 Å². The highest BCUT2D eigenvalue weighted by atomic mass is 16.5. The van der Waals surface area contributed by atoms with Crippen LogP contribution in [0.15, 0.2) is 36.4 Å². The molecule has 21 heavy (non-hydrogen) atoms. The van der Waals surface area contributed by atoms with Gasteiger partial charge < -0.3 is 19.7 Å². The maximum Gasteiger partial charge on any atom is 0.488 e. The third-order valence-corrected chi connectivity index (χ3v) is 3.70. The summed E-state index contributed by atoms with van der Waals surface area (Å²) in [5.74, 6) is 0.840. The Morgan fingerprint density at radius 3 is 2.33 bits per heavy atom. The Balaban J connectivity index is 2.04. The van der Waals surface area contributed by atoms with E-state index >= 15 is 0 Å². The minimum Gasteiger partial charge on any atom is -0.492 e. The molecule has 0 amide bonds. The number of fused-ring (bicyclic) bond motifs is 1. The SMILES string of the molecule is CCN(CC)CCOc1ccc2cc(B(O)O)ccc2c1. The molecule has 0 spiro atoms. The Labute approximate surface area is 126 Å².